The summed E-state index contributed by atoms with van der Waals surface area (Å²) >= 11 is 0. The molecule has 20 heavy (non-hydrogen) atoms. The van der Waals surface area contributed by atoms with Crippen molar-refractivity contribution in [2.45, 2.75) is 33.1 Å². The van der Waals surface area contributed by atoms with Gasteiger partial charge in [-0.3, -0.25) is 0 Å². The van der Waals surface area contributed by atoms with Crippen LogP contribution in [-0.2, 0) is 5.41 Å². The van der Waals surface area contributed by atoms with Crippen LogP contribution >= 0.6 is 0 Å². The lowest BCUT2D eigenvalue weighted by Crippen LogP contribution is -2.17. The molecule has 4 heteroatoms. The Kier molecular flexibility index (Phi) is 4.02. The molecule has 0 spiro atoms. The van der Waals surface area contributed by atoms with Gasteiger partial charge in [0.1, 0.15) is 17.5 Å². The topological polar surface area (TPSA) is 37.8 Å². The monoisotopic (exact) mass is 273 g/mol. The Morgan fingerprint density at radius 3 is 2.30 bits per heavy atom. The molecule has 0 radical (unpaired) electrons. The highest BCUT2D eigenvalue weighted by atomic mass is 19.1. The molecule has 0 saturated carbocycles. The summed E-state index contributed by atoms with van der Waals surface area (Å²) in [5.74, 6) is 1.33. The van der Waals surface area contributed by atoms with Gasteiger partial charge in [-0.2, -0.15) is 0 Å². The molecule has 2 aromatic rings. The van der Waals surface area contributed by atoms with E-state index in [0.717, 1.165) is 29.4 Å². The van der Waals surface area contributed by atoms with Crippen molar-refractivity contribution in [1.82, 2.24) is 9.97 Å². The van der Waals surface area contributed by atoms with E-state index < -0.39 is 0 Å². The first-order chi connectivity index (χ1) is 9.40. The van der Waals surface area contributed by atoms with Gasteiger partial charge in [0.25, 0.3) is 0 Å². The number of aromatic nitrogens is 2. The zero-order valence-electron chi connectivity index (χ0n) is 12.4. The highest BCUT2D eigenvalue weighted by molar-refractivity contribution is 5.62. The van der Waals surface area contributed by atoms with E-state index in [1.54, 1.807) is 12.1 Å². The summed E-state index contributed by atoms with van der Waals surface area (Å²) in [5, 5.41) is 3.22. The zero-order valence-corrected chi connectivity index (χ0v) is 12.4. The Bertz CT molecular complexity index is 586. The molecule has 106 valence electrons. The quantitative estimate of drug-likeness (QED) is 0.918. The number of nitrogens with one attached hydrogen (secondary N) is 1. The van der Waals surface area contributed by atoms with E-state index in [0.29, 0.717) is 0 Å². The van der Waals surface area contributed by atoms with Gasteiger partial charge < -0.3 is 5.32 Å². The number of rotatable bonds is 3. The van der Waals surface area contributed by atoms with Crippen LogP contribution in [0.25, 0.3) is 11.3 Å². The van der Waals surface area contributed by atoms with Gasteiger partial charge in [-0.1, -0.05) is 20.8 Å². The number of nitrogens with zero attached hydrogens (tertiary/aromatic N) is 2. The second-order valence-electron chi connectivity index (χ2n) is 5.75. The standard InChI is InChI=1S/C16H20FN3/c1-5-18-14-10-13(11-6-8-12(17)9-7-11)19-15(20-14)16(2,3)4/h6-10H,5H2,1-4H3,(H,18,19,20). The van der Waals surface area contributed by atoms with Gasteiger partial charge in [0.15, 0.2) is 0 Å². The van der Waals surface area contributed by atoms with Crippen LogP contribution in [0.2, 0.25) is 0 Å². The molecular formula is C16H20FN3. The van der Waals surface area contributed by atoms with Crippen molar-refractivity contribution in [2.75, 3.05) is 11.9 Å². The van der Waals surface area contributed by atoms with E-state index in [1.807, 2.05) is 13.0 Å². The van der Waals surface area contributed by atoms with Crippen LogP contribution in [0, 0.1) is 5.82 Å². The van der Waals surface area contributed by atoms with E-state index in [-0.39, 0.29) is 11.2 Å². The lowest BCUT2D eigenvalue weighted by atomic mass is 9.95. The van der Waals surface area contributed by atoms with Crippen molar-refractivity contribution in [3.8, 4) is 11.3 Å². The minimum atomic E-state index is -0.245. The lowest BCUT2D eigenvalue weighted by Gasteiger charge is -2.19. The van der Waals surface area contributed by atoms with Crippen LogP contribution in [0.15, 0.2) is 30.3 Å². The Labute approximate surface area is 119 Å². The summed E-state index contributed by atoms with van der Waals surface area (Å²) in [7, 11) is 0. The molecule has 3 nitrogen and oxygen atoms in total. The van der Waals surface area contributed by atoms with Gasteiger partial charge in [0.05, 0.1) is 5.69 Å². The van der Waals surface area contributed by atoms with Gasteiger partial charge in [-0.05, 0) is 31.2 Å². The zero-order chi connectivity index (χ0) is 14.8. The van der Waals surface area contributed by atoms with Crippen molar-refractivity contribution in [3.05, 3.63) is 42.0 Å². The maximum atomic E-state index is 13.0. The van der Waals surface area contributed by atoms with E-state index in [9.17, 15) is 4.39 Å². The number of benzene rings is 1. The molecule has 1 N–H and O–H groups in total. The number of hydrogen-bond acceptors (Lipinski definition) is 3. The molecule has 0 saturated heterocycles. The molecule has 1 aromatic heterocycles. The summed E-state index contributed by atoms with van der Waals surface area (Å²) < 4.78 is 13.0. The SMILES string of the molecule is CCNc1cc(-c2ccc(F)cc2)nc(C(C)(C)C)n1. The first-order valence-corrected chi connectivity index (χ1v) is 6.79. The molecule has 0 aliphatic carbocycles. The molecule has 1 heterocycles. The van der Waals surface area contributed by atoms with Gasteiger partial charge in [0, 0.05) is 23.6 Å². The summed E-state index contributed by atoms with van der Waals surface area (Å²) in [6, 6.07) is 8.26. The van der Waals surface area contributed by atoms with Crippen LogP contribution in [-0.4, -0.2) is 16.5 Å². The summed E-state index contributed by atoms with van der Waals surface area (Å²) in [6.07, 6.45) is 0. The fourth-order valence-electron chi connectivity index (χ4n) is 1.82. The van der Waals surface area contributed by atoms with E-state index in [4.69, 9.17) is 0 Å². The third-order valence-corrected chi connectivity index (χ3v) is 2.89. The van der Waals surface area contributed by atoms with Crippen molar-refractivity contribution >= 4 is 5.82 Å². The molecule has 1 aromatic carbocycles. The normalized spacial score (nSPS) is 11.4. The predicted octanol–water partition coefficient (Wildman–Crippen LogP) is 4.01. The number of anilines is 1. The largest absolute Gasteiger partial charge is 0.370 e. The predicted molar refractivity (Wildman–Crippen MR) is 80.3 cm³/mol. The maximum Gasteiger partial charge on any atom is 0.136 e. The highest BCUT2D eigenvalue weighted by Crippen LogP contribution is 2.25. The van der Waals surface area contributed by atoms with Crippen LogP contribution < -0.4 is 5.32 Å². The van der Waals surface area contributed by atoms with Gasteiger partial charge in [-0.15, -0.1) is 0 Å². The minimum absolute atomic E-state index is 0.139. The van der Waals surface area contributed by atoms with Crippen molar-refractivity contribution < 1.29 is 4.39 Å². The third kappa shape index (κ3) is 3.32. The number of halogens is 1. The van der Waals surface area contributed by atoms with Crippen LogP contribution in [0.5, 0.6) is 0 Å². The summed E-state index contributed by atoms with van der Waals surface area (Å²) in [6.45, 7) is 9.05. The average molecular weight is 273 g/mol. The molecule has 0 atom stereocenters. The second-order valence-corrected chi connectivity index (χ2v) is 5.75. The van der Waals surface area contributed by atoms with E-state index in [2.05, 4.69) is 36.1 Å². The smallest absolute Gasteiger partial charge is 0.136 e. The molecule has 0 bridgehead atoms. The third-order valence-electron chi connectivity index (χ3n) is 2.89. The molecule has 0 amide bonds. The van der Waals surface area contributed by atoms with Crippen molar-refractivity contribution in [1.29, 1.82) is 0 Å². The van der Waals surface area contributed by atoms with E-state index >= 15 is 0 Å². The van der Waals surface area contributed by atoms with Gasteiger partial charge >= 0.3 is 0 Å². The molecular weight excluding hydrogens is 253 g/mol. The molecule has 2 rings (SSSR count). The lowest BCUT2D eigenvalue weighted by molar-refractivity contribution is 0.546. The first-order valence-electron chi connectivity index (χ1n) is 6.79. The van der Waals surface area contributed by atoms with Gasteiger partial charge in [-0.25, -0.2) is 14.4 Å². The second kappa shape index (κ2) is 5.57. The maximum absolute atomic E-state index is 13.0. The average Bonchev–Trinajstić information content (AvgIpc) is 2.38. The Balaban J connectivity index is 2.51. The van der Waals surface area contributed by atoms with Crippen LogP contribution in [0.3, 0.4) is 0 Å². The highest BCUT2D eigenvalue weighted by Gasteiger charge is 2.19. The summed E-state index contributed by atoms with van der Waals surface area (Å²) in [4.78, 5) is 9.15. The fourth-order valence-corrected chi connectivity index (χ4v) is 1.82. The molecule has 0 unspecified atom stereocenters. The van der Waals surface area contributed by atoms with E-state index in [1.165, 1.54) is 12.1 Å². The first kappa shape index (κ1) is 14.4. The van der Waals surface area contributed by atoms with Gasteiger partial charge in [0.2, 0.25) is 0 Å². The Morgan fingerprint density at radius 2 is 1.75 bits per heavy atom. The number of hydrogen-bond donors (Lipinski definition) is 1. The summed E-state index contributed by atoms with van der Waals surface area (Å²) in [5.41, 5.74) is 1.56. The molecule has 0 fully saturated rings. The van der Waals surface area contributed by atoms with Crippen molar-refractivity contribution in [3.63, 3.8) is 0 Å². The van der Waals surface area contributed by atoms with Crippen molar-refractivity contribution in [2.24, 2.45) is 0 Å². The molecule has 0 aliphatic heterocycles. The minimum Gasteiger partial charge on any atom is -0.370 e. The Morgan fingerprint density at radius 1 is 1.10 bits per heavy atom. The Hall–Kier alpha value is -1.97. The molecule has 0 aliphatic rings. The van der Waals surface area contributed by atoms with Crippen LogP contribution in [0.4, 0.5) is 10.2 Å². The van der Waals surface area contributed by atoms with Crippen LogP contribution in [0.1, 0.15) is 33.5 Å². The fraction of sp³-hybridized carbons (Fsp3) is 0.375.